The standard InChI is InChI=1S/C19H29NO3.ClH/c1-13-9-14-12-20-18(10-13,22-14)8-7-17(3)16(2)5-4-6-19(17,20)23-15(21)11-16;/h13-14H,4-12H2,1-3H3;1H/t13-,14+,16+,17-,18-,19+;/m0./s1. The molecule has 0 aromatic rings. The van der Waals surface area contributed by atoms with Crippen LogP contribution in [0.15, 0.2) is 0 Å². The SMILES string of the molecule is C[C@H]1C[C@@H]2CN3[C@](CC[C@@]4(C)[C@]5(C)CCC[C@]34OC(=O)C5)(C1)O2.Cl. The predicted octanol–water partition coefficient (Wildman–Crippen LogP) is 3.87. The van der Waals surface area contributed by atoms with Crippen LogP contribution in [0.5, 0.6) is 0 Å². The molecule has 5 heteroatoms. The first-order valence-electron chi connectivity index (χ1n) is 9.50. The molecule has 0 aromatic carbocycles. The molecule has 0 amide bonds. The second-order valence-corrected chi connectivity index (χ2v) is 9.52. The molecule has 0 aromatic heterocycles. The molecule has 5 aliphatic rings. The number of ether oxygens (including phenoxy) is 2. The number of carbonyl (C=O) groups is 1. The molecule has 0 N–H and O–H groups in total. The van der Waals surface area contributed by atoms with Crippen molar-refractivity contribution in [3.05, 3.63) is 0 Å². The van der Waals surface area contributed by atoms with Crippen molar-refractivity contribution >= 4 is 18.4 Å². The van der Waals surface area contributed by atoms with Gasteiger partial charge in [-0.2, -0.15) is 0 Å². The summed E-state index contributed by atoms with van der Waals surface area (Å²) < 4.78 is 12.8. The van der Waals surface area contributed by atoms with Gasteiger partial charge < -0.3 is 9.47 Å². The zero-order chi connectivity index (χ0) is 16.1. The lowest BCUT2D eigenvalue weighted by atomic mass is 9.47. The van der Waals surface area contributed by atoms with E-state index >= 15 is 0 Å². The van der Waals surface area contributed by atoms with Gasteiger partial charge in [0.05, 0.1) is 12.5 Å². The Bertz CT molecular complexity index is 585. The number of hydrogen-bond acceptors (Lipinski definition) is 4. The summed E-state index contributed by atoms with van der Waals surface area (Å²) in [6.45, 7) is 8.04. The van der Waals surface area contributed by atoms with Crippen molar-refractivity contribution in [2.75, 3.05) is 6.54 Å². The molecule has 5 fully saturated rings. The highest BCUT2D eigenvalue weighted by atomic mass is 35.5. The topological polar surface area (TPSA) is 38.8 Å². The van der Waals surface area contributed by atoms with Crippen LogP contribution >= 0.6 is 12.4 Å². The van der Waals surface area contributed by atoms with E-state index in [-0.39, 0.29) is 34.9 Å². The van der Waals surface area contributed by atoms with Gasteiger partial charge >= 0.3 is 5.97 Å². The molecule has 0 radical (unpaired) electrons. The van der Waals surface area contributed by atoms with Crippen molar-refractivity contribution in [3.63, 3.8) is 0 Å². The molecule has 4 saturated heterocycles. The van der Waals surface area contributed by atoms with Crippen molar-refractivity contribution in [2.45, 2.75) is 89.7 Å². The van der Waals surface area contributed by atoms with Crippen LogP contribution in [0.25, 0.3) is 0 Å². The molecule has 136 valence electrons. The van der Waals surface area contributed by atoms with Crippen LogP contribution in [0.4, 0.5) is 0 Å². The minimum atomic E-state index is -0.424. The molecule has 6 atom stereocenters. The largest absolute Gasteiger partial charge is 0.443 e. The van der Waals surface area contributed by atoms with Crippen LogP contribution in [0.3, 0.4) is 0 Å². The summed E-state index contributed by atoms with van der Waals surface area (Å²) in [6.07, 6.45) is 8.67. The third-order valence-corrected chi connectivity index (χ3v) is 8.30. The van der Waals surface area contributed by atoms with E-state index in [0.29, 0.717) is 18.4 Å². The highest BCUT2D eigenvalue weighted by Crippen LogP contribution is 2.70. The first kappa shape index (κ1) is 17.1. The predicted molar refractivity (Wildman–Crippen MR) is 92.7 cm³/mol. The first-order valence-corrected chi connectivity index (χ1v) is 9.50. The number of esters is 1. The van der Waals surface area contributed by atoms with Gasteiger partial charge in [-0.15, -0.1) is 12.4 Å². The second kappa shape index (κ2) is 4.89. The molecule has 24 heavy (non-hydrogen) atoms. The summed E-state index contributed by atoms with van der Waals surface area (Å²) in [5.41, 5.74) is -0.462. The minimum absolute atomic E-state index is 0. The zero-order valence-corrected chi connectivity index (χ0v) is 15.9. The molecule has 4 nitrogen and oxygen atoms in total. The molecule has 5 rings (SSSR count). The first-order chi connectivity index (χ1) is 10.8. The summed E-state index contributed by atoms with van der Waals surface area (Å²) >= 11 is 0. The maximum atomic E-state index is 12.5. The summed E-state index contributed by atoms with van der Waals surface area (Å²) in [6, 6.07) is 0. The molecular weight excluding hydrogens is 326 g/mol. The number of fused-ring (bicyclic) bond motifs is 1. The number of halogens is 1. The lowest BCUT2D eigenvalue weighted by molar-refractivity contribution is -0.350. The number of hydrogen-bond donors (Lipinski definition) is 0. The van der Waals surface area contributed by atoms with Crippen LogP contribution in [-0.4, -0.2) is 35.0 Å². The van der Waals surface area contributed by atoms with E-state index in [1.54, 1.807) is 0 Å². The van der Waals surface area contributed by atoms with Crippen molar-refractivity contribution in [1.29, 1.82) is 0 Å². The van der Waals surface area contributed by atoms with Crippen LogP contribution < -0.4 is 0 Å². The maximum Gasteiger partial charge on any atom is 0.308 e. The van der Waals surface area contributed by atoms with E-state index < -0.39 is 5.72 Å². The molecule has 1 saturated carbocycles. The van der Waals surface area contributed by atoms with Gasteiger partial charge in [-0.05, 0) is 49.9 Å². The number of piperidine rings is 1. The smallest absolute Gasteiger partial charge is 0.308 e. The van der Waals surface area contributed by atoms with E-state index in [9.17, 15) is 4.79 Å². The number of nitrogens with zero attached hydrogens (tertiary/aromatic N) is 1. The maximum absolute atomic E-state index is 12.5. The third-order valence-electron chi connectivity index (χ3n) is 8.30. The number of carbonyl (C=O) groups excluding carboxylic acids is 1. The van der Waals surface area contributed by atoms with Gasteiger partial charge in [0.1, 0.15) is 5.72 Å². The monoisotopic (exact) mass is 355 g/mol. The Morgan fingerprint density at radius 1 is 1.17 bits per heavy atom. The highest BCUT2D eigenvalue weighted by molar-refractivity contribution is 5.85. The molecule has 1 spiro atoms. The molecule has 1 aliphatic carbocycles. The van der Waals surface area contributed by atoms with Gasteiger partial charge in [0, 0.05) is 18.4 Å². The zero-order valence-electron chi connectivity index (χ0n) is 15.1. The van der Waals surface area contributed by atoms with E-state index in [1.165, 1.54) is 0 Å². The Labute approximate surface area is 151 Å². The highest BCUT2D eigenvalue weighted by Gasteiger charge is 2.75. The fourth-order valence-corrected chi connectivity index (χ4v) is 7.07. The second-order valence-electron chi connectivity index (χ2n) is 9.52. The number of rotatable bonds is 0. The summed E-state index contributed by atoms with van der Waals surface area (Å²) in [7, 11) is 0. The van der Waals surface area contributed by atoms with Crippen molar-refractivity contribution in [1.82, 2.24) is 4.90 Å². The van der Waals surface area contributed by atoms with Crippen molar-refractivity contribution in [2.24, 2.45) is 16.7 Å². The Balaban J connectivity index is 0.00000146. The van der Waals surface area contributed by atoms with Crippen LogP contribution in [0, 0.1) is 16.7 Å². The van der Waals surface area contributed by atoms with Gasteiger partial charge in [0.15, 0.2) is 5.72 Å². The average Bonchev–Trinajstić information content (AvgIpc) is 2.72. The molecule has 0 unspecified atom stereocenters. The van der Waals surface area contributed by atoms with E-state index in [1.807, 2.05) is 0 Å². The molecule has 4 bridgehead atoms. The van der Waals surface area contributed by atoms with Gasteiger partial charge in [0.25, 0.3) is 0 Å². The van der Waals surface area contributed by atoms with Crippen LogP contribution in [-0.2, 0) is 14.3 Å². The van der Waals surface area contributed by atoms with Crippen molar-refractivity contribution in [3.8, 4) is 0 Å². The fourth-order valence-electron chi connectivity index (χ4n) is 7.07. The average molecular weight is 356 g/mol. The molecule has 4 aliphatic heterocycles. The summed E-state index contributed by atoms with van der Waals surface area (Å²) in [5, 5.41) is 0. The lowest BCUT2D eigenvalue weighted by Crippen LogP contribution is -2.77. The molecular formula is C19H30ClNO3. The van der Waals surface area contributed by atoms with Gasteiger partial charge in [-0.25, -0.2) is 4.90 Å². The van der Waals surface area contributed by atoms with Gasteiger partial charge in [0.2, 0.25) is 0 Å². The Hall–Kier alpha value is -0.320. The van der Waals surface area contributed by atoms with Crippen LogP contribution in [0.1, 0.15) is 72.1 Å². The quantitative estimate of drug-likeness (QED) is 0.618. The Morgan fingerprint density at radius 2 is 1.96 bits per heavy atom. The summed E-state index contributed by atoms with van der Waals surface area (Å²) in [4.78, 5) is 15.1. The van der Waals surface area contributed by atoms with E-state index in [4.69, 9.17) is 9.47 Å². The van der Waals surface area contributed by atoms with Gasteiger partial charge in [-0.1, -0.05) is 20.8 Å². The van der Waals surface area contributed by atoms with E-state index in [0.717, 1.165) is 51.5 Å². The molecule has 4 heterocycles. The Morgan fingerprint density at radius 3 is 2.75 bits per heavy atom. The summed E-state index contributed by atoms with van der Waals surface area (Å²) in [5.74, 6) is 0.713. The minimum Gasteiger partial charge on any atom is -0.443 e. The third kappa shape index (κ3) is 1.76. The lowest BCUT2D eigenvalue weighted by Gasteiger charge is -2.70. The van der Waals surface area contributed by atoms with Crippen molar-refractivity contribution < 1.29 is 14.3 Å². The normalized spacial score (nSPS) is 55.9. The van der Waals surface area contributed by atoms with Gasteiger partial charge in [-0.3, -0.25) is 4.79 Å². The fraction of sp³-hybridized carbons (Fsp3) is 0.947. The van der Waals surface area contributed by atoms with Crippen LogP contribution in [0.2, 0.25) is 0 Å². The Kier molecular flexibility index (Phi) is 3.49. The van der Waals surface area contributed by atoms with E-state index in [2.05, 4.69) is 25.7 Å².